The molecule has 0 radical (unpaired) electrons. The van der Waals surface area contributed by atoms with Gasteiger partial charge in [0.25, 0.3) is 12.1 Å². The molecule has 3 aromatic heterocycles. The number of nitrogens with one attached hydrogen (secondary N) is 1. The maximum absolute atomic E-state index is 13.7. The van der Waals surface area contributed by atoms with Crippen molar-refractivity contribution in [3.8, 4) is 11.3 Å². The van der Waals surface area contributed by atoms with Crippen LogP contribution in [0.2, 0.25) is 0 Å². The van der Waals surface area contributed by atoms with Crippen molar-refractivity contribution in [2.24, 2.45) is 7.05 Å². The molecule has 0 unspecified atom stereocenters. The number of aromatic nitrogens is 3. The van der Waals surface area contributed by atoms with Crippen molar-refractivity contribution < 1.29 is 27.2 Å². The highest BCUT2D eigenvalue weighted by Gasteiger charge is 2.36. The Bertz CT molecular complexity index is 1220. The summed E-state index contributed by atoms with van der Waals surface area (Å²) in [5.74, 6) is -0.681. The number of hydrogen-bond acceptors (Lipinski definition) is 6. The van der Waals surface area contributed by atoms with Gasteiger partial charge in [-0.05, 0) is 6.07 Å². The molecule has 0 saturated heterocycles. The van der Waals surface area contributed by atoms with E-state index in [9.17, 15) is 18.0 Å². The lowest BCUT2D eigenvalue weighted by atomic mass is 10.1. The van der Waals surface area contributed by atoms with Crippen molar-refractivity contribution in [3.05, 3.63) is 53.0 Å². The number of thiophene rings is 1. The Hall–Kier alpha value is -3.47. The number of halogens is 3. The van der Waals surface area contributed by atoms with Crippen molar-refractivity contribution in [2.45, 2.75) is 6.18 Å². The molecule has 0 aliphatic heterocycles. The van der Waals surface area contributed by atoms with Crippen molar-refractivity contribution in [2.75, 3.05) is 11.1 Å². The summed E-state index contributed by atoms with van der Waals surface area (Å²) in [6, 6.07) is 9.41. The van der Waals surface area contributed by atoms with Gasteiger partial charge in [-0.2, -0.15) is 13.2 Å². The van der Waals surface area contributed by atoms with E-state index in [1.807, 2.05) is 0 Å². The molecule has 1 amide bonds. The zero-order chi connectivity index (χ0) is 20.8. The number of carbonyl (C=O) groups excluding carboxylic acids is 1. The van der Waals surface area contributed by atoms with Crippen LogP contribution < -0.4 is 15.7 Å². The second-order valence-electron chi connectivity index (χ2n) is 6.14. The summed E-state index contributed by atoms with van der Waals surface area (Å²) in [6.45, 7) is 0. The fraction of sp³-hybridized carbons (Fsp3) is 0.111. The summed E-state index contributed by atoms with van der Waals surface area (Å²) in [5.41, 5.74) is 5.37. The average molecular weight is 420 g/mol. The first-order chi connectivity index (χ1) is 13.7. The molecule has 1 aromatic carbocycles. The third kappa shape index (κ3) is 3.51. The molecule has 4 rings (SSSR count). The Morgan fingerprint density at radius 2 is 2.00 bits per heavy atom. The van der Waals surface area contributed by atoms with Crippen LogP contribution >= 0.6 is 11.3 Å². The second-order valence-corrected chi connectivity index (χ2v) is 7.14. The number of hydrogen-bond donors (Lipinski definition) is 2. The van der Waals surface area contributed by atoms with Crippen LogP contribution in [0.25, 0.3) is 21.5 Å². The molecule has 0 atom stereocenters. The molecule has 29 heavy (non-hydrogen) atoms. The third-order valence-electron chi connectivity index (χ3n) is 4.09. The van der Waals surface area contributed by atoms with Crippen LogP contribution in [0.15, 0.2) is 47.1 Å². The van der Waals surface area contributed by atoms with Crippen molar-refractivity contribution in [1.82, 2.24) is 10.3 Å². The van der Waals surface area contributed by atoms with E-state index in [1.165, 1.54) is 10.9 Å². The Morgan fingerprint density at radius 1 is 1.28 bits per heavy atom. The molecular formula is C18H13F3N5O2S+. The molecule has 11 heteroatoms. The van der Waals surface area contributed by atoms with Crippen LogP contribution in [0.4, 0.5) is 24.7 Å². The molecule has 3 heterocycles. The first-order valence-corrected chi connectivity index (χ1v) is 9.05. The van der Waals surface area contributed by atoms with E-state index in [1.54, 1.807) is 37.4 Å². The fourth-order valence-corrected chi connectivity index (χ4v) is 3.83. The Kier molecular flexibility index (Phi) is 4.46. The molecule has 0 bridgehead atoms. The molecule has 0 fully saturated rings. The van der Waals surface area contributed by atoms with Gasteiger partial charge in [0.1, 0.15) is 9.71 Å². The first kappa shape index (κ1) is 18.9. The highest BCUT2D eigenvalue weighted by atomic mass is 32.1. The highest BCUT2D eigenvalue weighted by Crippen LogP contribution is 2.43. The summed E-state index contributed by atoms with van der Waals surface area (Å²) >= 11 is 0.780. The summed E-state index contributed by atoms with van der Waals surface area (Å²) in [4.78, 5) is 16.8. The number of carbonyl (C=O) groups is 1. The summed E-state index contributed by atoms with van der Waals surface area (Å²) < 4.78 is 47.4. The number of fused-ring (bicyclic) bond motifs is 1. The maximum Gasteiger partial charge on any atom is 0.417 e. The number of benzene rings is 1. The van der Waals surface area contributed by atoms with Gasteiger partial charge in [0.05, 0.1) is 16.9 Å². The van der Waals surface area contributed by atoms with Crippen LogP contribution in [0.1, 0.15) is 15.2 Å². The van der Waals surface area contributed by atoms with Crippen LogP contribution in [-0.2, 0) is 13.2 Å². The molecule has 0 saturated carbocycles. The lowest BCUT2D eigenvalue weighted by Gasteiger charge is -2.11. The standard InChI is InChI=1S/C18H12F3N5O2S/c1-26-8-12(28-25-26)24-16(27)15-14(22)13-10(18(19,20)21)7-11(23-17(13)29-15)9-5-3-2-4-6-9/h2-8H,1H3,(H2-,22,24,25,27)/p+1. The van der Waals surface area contributed by atoms with Crippen molar-refractivity contribution in [1.29, 1.82) is 0 Å². The van der Waals surface area contributed by atoms with Gasteiger partial charge >= 0.3 is 12.1 Å². The lowest BCUT2D eigenvalue weighted by molar-refractivity contribution is -0.739. The number of pyridine rings is 1. The molecule has 148 valence electrons. The van der Waals surface area contributed by atoms with Gasteiger partial charge in [0.15, 0.2) is 12.3 Å². The first-order valence-electron chi connectivity index (χ1n) is 8.23. The summed E-state index contributed by atoms with van der Waals surface area (Å²) in [5, 5.41) is 5.68. The highest BCUT2D eigenvalue weighted by molar-refractivity contribution is 7.21. The largest absolute Gasteiger partial charge is 0.417 e. The molecule has 0 spiro atoms. The number of nitrogen functional groups attached to an aromatic ring is 1. The predicted molar refractivity (Wildman–Crippen MR) is 100 cm³/mol. The minimum Gasteiger partial charge on any atom is -0.397 e. The van der Waals surface area contributed by atoms with Gasteiger partial charge in [-0.25, -0.2) is 4.98 Å². The number of nitrogens with zero attached hydrogens (tertiary/aromatic N) is 3. The minimum atomic E-state index is -4.67. The minimum absolute atomic E-state index is 0.0180. The summed E-state index contributed by atoms with van der Waals surface area (Å²) in [7, 11) is 1.58. The van der Waals surface area contributed by atoms with Crippen LogP contribution in [0.3, 0.4) is 0 Å². The molecule has 0 aliphatic carbocycles. The van der Waals surface area contributed by atoms with Crippen LogP contribution in [0, 0.1) is 0 Å². The summed E-state index contributed by atoms with van der Waals surface area (Å²) in [6.07, 6.45) is -3.28. The SMILES string of the molecule is C[n+]1cc(NC(=O)c2sc3nc(-c4ccccc4)cc(C(F)(F)F)c3c2N)on1. The van der Waals surface area contributed by atoms with E-state index in [0.29, 0.717) is 5.56 Å². The second kappa shape index (κ2) is 6.85. The van der Waals surface area contributed by atoms with Gasteiger partial charge in [-0.15, -0.1) is 11.3 Å². The van der Waals surface area contributed by atoms with Gasteiger partial charge in [0, 0.05) is 10.9 Å². The lowest BCUT2D eigenvalue weighted by Crippen LogP contribution is -2.28. The van der Waals surface area contributed by atoms with Gasteiger partial charge in [0.2, 0.25) is 0 Å². The number of nitrogens with two attached hydrogens (primary N) is 1. The van der Waals surface area contributed by atoms with Gasteiger partial charge < -0.3 is 5.73 Å². The predicted octanol–water partition coefficient (Wildman–Crippen LogP) is 3.63. The Balaban J connectivity index is 1.86. The normalized spacial score (nSPS) is 11.7. The topological polar surface area (TPSA) is 97.9 Å². The van der Waals surface area contributed by atoms with Crippen molar-refractivity contribution in [3.63, 3.8) is 0 Å². The molecule has 4 aromatic rings. The Labute approximate surface area is 165 Å². The maximum atomic E-state index is 13.7. The molecule has 3 N–H and O–H groups in total. The van der Waals surface area contributed by atoms with E-state index < -0.39 is 17.6 Å². The number of aryl methyl sites for hydroxylation is 1. The Morgan fingerprint density at radius 3 is 2.62 bits per heavy atom. The number of alkyl halides is 3. The van der Waals surface area contributed by atoms with E-state index in [0.717, 1.165) is 17.4 Å². The van der Waals surface area contributed by atoms with E-state index in [2.05, 4.69) is 15.6 Å². The third-order valence-corrected chi connectivity index (χ3v) is 5.19. The molecule has 7 nitrogen and oxygen atoms in total. The number of rotatable bonds is 3. The molecular weight excluding hydrogens is 407 g/mol. The van der Waals surface area contributed by atoms with Gasteiger partial charge in [-0.1, -0.05) is 35.0 Å². The van der Waals surface area contributed by atoms with E-state index >= 15 is 0 Å². The molecule has 0 aliphatic rings. The average Bonchev–Trinajstić information content (AvgIpc) is 3.24. The zero-order valence-electron chi connectivity index (χ0n) is 14.8. The van der Waals surface area contributed by atoms with Crippen LogP contribution in [0.5, 0.6) is 0 Å². The number of anilines is 2. The zero-order valence-corrected chi connectivity index (χ0v) is 15.6. The van der Waals surface area contributed by atoms with E-state index in [-0.39, 0.29) is 32.4 Å². The van der Waals surface area contributed by atoms with Gasteiger partial charge in [-0.3, -0.25) is 14.6 Å². The monoisotopic (exact) mass is 420 g/mol. The van der Waals surface area contributed by atoms with Crippen LogP contribution in [-0.4, -0.2) is 16.2 Å². The smallest absolute Gasteiger partial charge is 0.397 e. The fourth-order valence-electron chi connectivity index (χ4n) is 2.82. The number of amides is 1. The van der Waals surface area contributed by atoms with E-state index in [4.69, 9.17) is 10.3 Å². The van der Waals surface area contributed by atoms with Crippen molar-refractivity contribution >= 4 is 39.0 Å². The quantitative estimate of drug-likeness (QED) is 0.493.